The summed E-state index contributed by atoms with van der Waals surface area (Å²) in [5.41, 5.74) is 6.84. The van der Waals surface area contributed by atoms with Gasteiger partial charge in [-0.2, -0.15) is 0 Å². The molecule has 1 aliphatic rings. The van der Waals surface area contributed by atoms with E-state index in [1.165, 1.54) is 23.1 Å². The summed E-state index contributed by atoms with van der Waals surface area (Å²) in [5, 5.41) is 14.1. The molecule has 0 aliphatic heterocycles. The standard InChI is InChI=1S/C20H21N5O2S2/c1-12(18(27)22-19-15(16(21)26)9-10-28-19)29-20-24-23-17(14-7-8-14)25(20)11-13-5-3-2-4-6-13/h2-6,9-10,12,14H,7-8,11H2,1H3,(H2,21,26)(H,22,27)/t12-/m0/s1. The molecule has 4 rings (SSSR count). The summed E-state index contributed by atoms with van der Waals surface area (Å²) in [6, 6.07) is 11.8. The van der Waals surface area contributed by atoms with Crippen molar-refractivity contribution in [3.63, 3.8) is 0 Å². The molecule has 2 aromatic heterocycles. The third kappa shape index (κ3) is 4.51. The van der Waals surface area contributed by atoms with Crippen LogP contribution < -0.4 is 11.1 Å². The normalized spacial score (nSPS) is 14.5. The molecule has 1 aromatic carbocycles. The highest BCUT2D eigenvalue weighted by molar-refractivity contribution is 8.00. The average molecular weight is 428 g/mol. The summed E-state index contributed by atoms with van der Waals surface area (Å²) in [7, 11) is 0. The summed E-state index contributed by atoms with van der Waals surface area (Å²) in [6.07, 6.45) is 2.25. The second kappa shape index (κ2) is 8.38. The SMILES string of the molecule is C[C@H](Sc1nnc(C2CC2)n1Cc1ccccc1)C(=O)Nc1sccc1C(N)=O. The van der Waals surface area contributed by atoms with Crippen molar-refractivity contribution in [1.82, 2.24) is 14.8 Å². The number of carbonyl (C=O) groups is 2. The van der Waals surface area contributed by atoms with Crippen LogP contribution in [0.3, 0.4) is 0 Å². The molecule has 3 aromatic rings. The van der Waals surface area contributed by atoms with Crippen LogP contribution >= 0.6 is 23.1 Å². The van der Waals surface area contributed by atoms with E-state index in [1.54, 1.807) is 11.4 Å². The topological polar surface area (TPSA) is 103 Å². The Hall–Kier alpha value is -2.65. The van der Waals surface area contributed by atoms with Crippen molar-refractivity contribution >= 4 is 39.9 Å². The maximum Gasteiger partial charge on any atom is 0.251 e. The molecule has 0 radical (unpaired) electrons. The number of primary amides is 1. The Balaban J connectivity index is 1.50. The van der Waals surface area contributed by atoms with Gasteiger partial charge in [-0.05, 0) is 36.8 Å². The van der Waals surface area contributed by atoms with E-state index in [1.807, 2.05) is 25.1 Å². The molecule has 3 N–H and O–H groups in total. The molecule has 0 unspecified atom stereocenters. The molecule has 1 atom stereocenters. The van der Waals surface area contributed by atoms with E-state index in [0.29, 0.717) is 23.0 Å². The molecule has 2 heterocycles. The van der Waals surface area contributed by atoms with Crippen molar-refractivity contribution in [2.75, 3.05) is 5.32 Å². The molecule has 1 aliphatic carbocycles. The zero-order chi connectivity index (χ0) is 20.4. The van der Waals surface area contributed by atoms with Crippen molar-refractivity contribution in [2.24, 2.45) is 5.73 Å². The number of anilines is 1. The van der Waals surface area contributed by atoms with Crippen molar-refractivity contribution in [2.45, 2.75) is 42.6 Å². The van der Waals surface area contributed by atoms with Crippen molar-refractivity contribution < 1.29 is 9.59 Å². The summed E-state index contributed by atoms with van der Waals surface area (Å²) >= 11 is 2.64. The van der Waals surface area contributed by atoms with E-state index < -0.39 is 11.2 Å². The summed E-state index contributed by atoms with van der Waals surface area (Å²) in [6.45, 7) is 2.49. The van der Waals surface area contributed by atoms with Gasteiger partial charge in [-0.3, -0.25) is 9.59 Å². The molecule has 1 saturated carbocycles. The Morgan fingerprint density at radius 3 is 2.72 bits per heavy atom. The van der Waals surface area contributed by atoms with E-state index in [9.17, 15) is 9.59 Å². The molecule has 7 nitrogen and oxygen atoms in total. The zero-order valence-corrected chi connectivity index (χ0v) is 17.5. The fourth-order valence-electron chi connectivity index (χ4n) is 2.97. The van der Waals surface area contributed by atoms with Gasteiger partial charge in [0, 0.05) is 5.92 Å². The van der Waals surface area contributed by atoms with Crippen LogP contribution in [-0.2, 0) is 11.3 Å². The van der Waals surface area contributed by atoms with Crippen LogP contribution in [0.25, 0.3) is 0 Å². The summed E-state index contributed by atoms with van der Waals surface area (Å²) < 4.78 is 2.11. The maximum absolute atomic E-state index is 12.7. The van der Waals surface area contributed by atoms with Crippen molar-refractivity contribution in [1.29, 1.82) is 0 Å². The van der Waals surface area contributed by atoms with Crippen LogP contribution in [-0.4, -0.2) is 31.8 Å². The van der Waals surface area contributed by atoms with Crippen molar-refractivity contribution in [3.8, 4) is 0 Å². The third-order valence-corrected chi connectivity index (χ3v) is 6.60. The van der Waals surface area contributed by atoms with Gasteiger partial charge in [0.2, 0.25) is 5.91 Å². The quantitative estimate of drug-likeness (QED) is 0.536. The molecule has 0 saturated heterocycles. The number of thiophene rings is 1. The second-order valence-corrected chi connectivity index (χ2v) is 9.19. The smallest absolute Gasteiger partial charge is 0.251 e. The van der Waals surface area contributed by atoms with E-state index >= 15 is 0 Å². The van der Waals surface area contributed by atoms with Crippen molar-refractivity contribution in [3.05, 3.63) is 58.7 Å². The molecule has 2 amide bonds. The largest absolute Gasteiger partial charge is 0.366 e. The number of aromatic nitrogens is 3. The molecule has 29 heavy (non-hydrogen) atoms. The average Bonchev–Trinajstić information content (AvgIpc) is 3.32. The number of thioether (sulfide) groups is 1. The molecule has 150 valence electrons. The number of nitrogens with one attached hydrogen (secondary N) is 1. The highest BCUT2D eigenvalue weighted by Gasteiger charge is 2.31. The van der Waals surface area contributed by atoms with Gasteiger partial charge in [0.05, 0.1) is 17.4 Å². The number of carbonyl (C=O) groups excluding carboxylic acids is 2. The van der Waals surface area contributed by atoms with Crippen LogP contribution in [0.1, 0.15) is 47.4 Å². The van der Waals surface area contributed by atoms with Gasteiger partial charge in [-0.15, -0.1) is 21.5 Å². The van der Waals surface area contributed by atoms with Gasteiger partial charge >= 0.3 is 0 Å². The number of benzene rings is 1. The maximum atomic E-state index is 12.7. The third-order valence-electron chi connectivity index (χ3n) is 4.69. The van der Waals surface area contributed by atoms with E-state index in [-0.39, 0.29) is 5.91 Å². The first-order chi connectivity index (χ1) is 14.0. The van der Waals surface area contributed by atoms with Crippen LogP contribution in [0.15, 0.2) is 46.9 Å². The van der Waals surface area contributed by atoms with Gasteiger partial charge in [0.1, 0.15) is 10.8 Å². The minimum absolute atomic E-state index is 0.206. The fourth-order valence-corrected chi connectivity index (χ4v) is 4.62. The lowest BCUT2D eigenvalue weighted by atomic mass is 10.2. The highest BCUT2D eigenvalue weighted by atomic mass is 32.2. The van der Waals surface area contributed by atoms with Crippen LogP contribution in [0.5, 0.6) is 0 Å². The number of hydrogen-bond donors (Lipinski definition) is 2. The van der Waals surface area contributed by atoms with E-state index in [2.05, 4.69) is 32.2 Å². The minimum Gasteiger partial charge on any atom is -0.366 e. The lowest BCUT2D eigenvalue weighted by Gasteiger charge is -2.14. The molecule has 1 fully saturated rings. The Morgan fingerprint density at radius 2 is 2.03 bits per heavy atom. The molecular formula is C20H21N5O2S2. The molecule has 9 heteroatoms. The number of nitrogens with two attached hydrogens (primary N) is 1. The Bertz CT molecular complexity index is 1030. The second-order valence-electron chi connectivity index (χ2n) is 6.96. The first kappa shape index (κ1) is 19.7. The lowest BCUT2D eigenvalue weighted by Crippen LogP contribution is -2.24. The predicted molar refractivity (Wildman–Crippen MR) is 114 cm³/mol. The van der Waals surface area contributed by atoms with E-state index in [0.717, 1.165) is 29.4 Å². The molecule has 0 spiro atoms. The van der Waals surface area contributed by atoms with E-state index in [4.69, 9.17) is 5.73 Å². The number of amides is 2. The Morgan fingerprint density at radius 1 is 1.28 bits per heavy atom. The summed E-state index contributed by atoms with van der Waals surface area (Å²) in [4.78, 5) is 24.1. The first-order valence-corrected chi connectivity index (χ1v) is 11.1. The first-order valence-electron chi connectivity index (χ1n) is 9.34. The minimum atomic E-state index is -0.557. The number of rotatable bonds is 8. The number of hydrogen-bond acceptors (Lipinski definition) is 6. The monoisotopic (exact) mass is 427 g/mol. The Labute approximate surface area is 176 Å². The van der Waals surface area contributed by atoms with Gasteiger partial charge in [0.15, 0.2) is 5.16 Å². The number of nitrogens with zero attached hydrogens (tertiary/aromatic N) is 3. The lowest BCUT2D eigenvalue weighted by molar-refractivity contribution is -0.115. The predicted octanol–water partition coefficient (Wildman–Crippen LogP) is 3.48. The zero-order valence-electron chi connectivity index (χ0n) is 15.9. The van der Waals surface area contributed by atoms with Gasteiger partial charge in [-0.1, -0.05) is 42.1 Å². The van der Waals surface area contributed by atoms with Gasteiger partial charge in [0.25, 0.3) is 5.91 Å². The molecule has 0 bridgehead atoms. The summed E-state index contributed by atoms with van der Waals surface area (Å²) in [5.74, 6) is 0.674. The van der Waals surface area contributed by atoms with Crippen LogP contribution in [0, 0.1) is 0 Å². The Kier molecular flexibility index (Phi) is 5.68. The van der Waals surface area contributed by atoms with Crippen LogP contribution in [0.4, 0.5) is 5.00 Å². The highest BCUT2D eigenvalue weighted by Crippen LogP contribution is 2.40. The van der Waals surface area contributed by atoms with Gasteiger partial charge < -0.3 is 15.6 Å². The fraction of sp³-hybridized carbons (Fsp3) is 0.300. The molecular weight excluding hydrogens is 406 g/mol. The van der Waals surface area contributed by atoms with Gasteiger partial charge in [-0.25, -0.2) is 0 Å². The van der Waals surface area contributed by atoms with Crippen LogP contribution in [0.2, 0.25) is 0 Å².